The van der Waals surface area contributed by atoms with Gasteiger partial charge in [0.25, 0.3) is 0 Å². The highest BCUT2D eigenvalue weighted by molar-refractivity contribution is 7.09. The van der Waals surface area contributed by atoms with E-state index in [4.69, 9.17) is 9.72 Å². The molecule has 1 atom stereocenters. The van der Waals surface area contributed by atoms with E-state index in [0.717, 1.165) is 37.9 Å². The normalized spacial score (nSPS) is 22.7. The molecule has 0 radical (unpaired) electrons. The van der Waals surface area contributed by atoms with E-state index in [0.29, 0.717) is 0 Å². The summed E-state index contributed by atoms with van der Waals surface area (Å²) in [4.78, 5) is 7.37. The van der Waals surface area contributed by atoms with Crippen LogP contribution in [0.2, 0.25) is 0 Å². The van der Waals surface area contributed by atoms with Crippen LogP contribution in [0.15, 0.2) is 5.38 Å². The summed E-state index contributed by atoms with van der Waals surface area (Å²) in [6.07, 6.45) is 2.64. The van der Waals surface area contributed by atoms with E-state index in [1.165, 1.54) is 34.8 Å². The highest BCUT2D eigenvalue weighted by Gasteiger charge is 2.31. The third-order valence-electron chi connectivity index (χ3n) is 5.00. The Balaban J connectivity index is 1.57. The van der Waals surface area contributed by atoms with Crippen LogP contribution in [0.3, 0.4) is 0 Å². The summed E-state index contributed by atoms with van der Waals surface area (Å²) in [6.45, 7) is 7.65. The lowest BCUT2D eigenvalue weighted by molar-refractivity contribution is -0.0136. The van der Waals surface area contributed by atoms with Crippen molar-refractivity contribution in [3.63, 3.8) is 0 Å². The van der Waals surface area contributed by atoms with E-state index >= 15 is 0 Å². The first-order valence-electron chi connectivity index (χ1n) is 8.39. The fourth-order valence-corrected chi connectivity index (χ4v) is 4.47. The summed E-state index contributed by atoms with van der Waals surface area (Å²) in [5.41, 5.74) is 4.88. The van der Waals surface area contributed by atoms with Gasteiger partial charge in [-0.25, -0.2) is 4.98 Å². The van der Waals surface area contributed by atoms with Crippen LogP contribution in [0.4, 0.5) is 0 Å². The van der Waals surface area contributed by atoms with E-state index < -0.39 is 0 Å². The maximum absolute atomic E-state index is 5.78. The smallest absolute Gasteiger partial charge is 0.0959 e. The van der Waals surface area contributed by atoms with E-state index in [9.17, 15) is 0 Å². The predicted molar refractivity (Wildman–Crippen MR) is 90.7 cm³/mol. The third-order valence-corrected chi connectivity index (χ3v) is 6.05. The molecule has 2 aromatic heterocycles. The highest BCUT2D eigenvalue weighted by atomic mass is 32.1. The van der Waals surface area contributed by atoms with Crippen molar-refractivity contribution in [2.24, 2.45) is 7.05 Å². The number of thiazole rings is 1. The molecular formula is C17H24N4OS. The summed E-state index contributed by atoms with van der Waals surface area (Å²) in [7, 11) is 2.02. The Bertz CT molecular complexity index is 704. The average Bonchev–Trinajstić information content (AvgIpc) is 3.23. The lowest BCUT2D eigenvalue weighted by atomic mass is 10.0. The Labute approximate surface area is 141 Å². The van der Waals surface area contributed by atoms with Crippen LogP contribution in [0, 0.1) is 13.8 Å². The Morgan fingerprint density at radius 3 is 2.87 bits per heavy atom. The monoisotopic (exact) mass is 332 g/mol. The van der Waals surface area contributed by atoms with Crippen molar-refractivity contribution in [3.05, 3.63) is 33.0 Å². The van der Waals surface area contributed by atoms with Crippen LogP contribution in [0.1, 0.15) is 52.5 Å². The van der Waals surface area contributed by atoms with Gasteiger partial charge >= 0.3 is 0 Å². The standard InChI is InChI=1S/C17H24N4OS/c1-11-16(12(2)20(3)19-11)15-9-22-7-6-21(15)8-14-10-23-17(18-14)13-4-5-13/h10,13,15H,4-9H2,1-3H3/t15-/m0/s1. The highest BCUT2D eigenvalue weighted by Crippen LogP contribution is 2.41. The van der Waals surface area contributed by atoms with Crippen LogP contribution in [0.5, 0.6) is 0 Å². The number of hydrogen-bond donors (Lipinski definition) is 0. The minimum atomic E-state index is 0.281. The van der Waals surface area contributed by atoms with Gasteiger partial charge in [0, 0.05) is 42.7 Å². The minimum Gasteiger partial charge on any atom is -0.378 e. The number of nitrogens with zero attached hydrogens (tertiary/aromatic N) is 4. The quantitative estimate of drug-likeness (QED) is 0.863. The molecular weight excluding hydrogens is 308 g/mol. The molecule has 1 saturated heterocycles. The van der Waals surface area contributed by atoms with Gasteiger partial charge in [-0.3, -0.25) is 9.58 Å². The molecule has 0 bridgehead atoms. The van der Waals surface area contributed by atoms with E-state index in [1.807, 2.05) is 23.1 Å². The van der Waals surface area contributed by atoms with E-state index in [1.54, 1.807) is 0 Å². The second-order valence-electron chi connectivity index (χ2n) is 6.72. The maximum atomic E-state index is 5.78. The van der Waals surface area contributed by atoms with Gasteiger partial charge in [-0.15, -0.1) is 11.3 Å². The van der Waals surface area contributed by atoms with Crippen molar-refractivity contribution in [1.29, 1.82) is 0 Å². The molecule has 0 amide bonds. The first-order valence-corrected chi connectivity index (χ1v) is 9.27. The minimum absolute atomic E-state index is 0.281. The Morgan fingerprint density at radius 1 is 1.35 bits per heavy atom. The molecule has 1 saturated carbocycles. The summed E-state index contributed by atoms with van der Waals surface area (Å²) < 4.78 is 7.76. The molecule has 0 aromatic carbocycles. The first kappa shape index (κ1) is 15.3. The zero-order chi connectivity index (χ0) is 16.0. The van der Waals surface area contributed by atoms with E-state index in [-0.39, 0.29) is 6.04 Å². The van der Waals surface area contributed by atoms with Crippen LogP contribution in [0.25, 0.3) is 0 Å². The van der Waals surface area contributed by atoms with Crippen LogP contribution in [-0.4, -0.2) is 39.4 Å². The summed E-state index contributed by atoms with van der Waals surface area (Å²) >= 11 is 1.83. The van der Waals surface area contributed by atoms with Crippen molar-refractivity contribution in [2.75, 3.05) is 19.8 Å². The molecule has 3 heterocycles. The molecule has 23 heavy (non-hydrogen) atoms. The summed E-state index contributed by atoms with van der Waals surface area (Å²) in [6, 6.07) is 0.281. The van der Waals surface area contributed by atoms with Crippen molar-refractivity contribution < 1.29 is 4.74 Å². The molecule has 0 unspecified atom stereocenters. The van der Waals surface area contributed by atoms with Crippen molar-refractivity contribution in [3.8, 4) is 0 Å². The maximum Gasteiger partial charge on any atom is 0.0959 e. The predicted octanol–water partition coefficient (Wildman–Crippen LogP) is 2.94. The SMILES string of the molecule is Cc1nn(C)c(C)c1[C@@H]1COCCN1Cc1csc(C2CC2)n1. The molecule has 6 heteroatoms. The zero-order valence-corrected chi connectivity index (χ0v) is 14.9. The van der Waals surface area contributed by atoms with Crippen LogP contribution >= 0.6 is 11.3 Å². The van der Waals surface area contributed by atoms with Gasteiger partial charge in [-0.1, -0.05) is 0 Å². The zero-order valence-electron chi connectivity index (χ0n) is 14.1. The molecule has 4 rings (SSSR count). The number of ether oxygens (including phenoxy) is 1. The van der Waals surface area contributed by atoms with Crippen molar-refractivity contribution in [2.45, 2.75) is 45.2 Å². The van der Waals surface area contributed by atoms with Gasteiger partial charge in [-0.2, -0.15) is 5.10 Å². The second-order valence-corrected chi connectivity index (χ2v) is 7.61. The molecule has 2 aliphatic rings. The Hall–Kier alpha value is -1.24. The largest absolute Gasteiger partial charge is 0.378 e. The fourth-order valence-electron chi connectivity index (χ4n) is 3.49. The van der Waals surface area contributed by atoms with Gasteiger partial charge in [0.05, 0.1) is 35.7 Å². The Morgan fingerprint density at radius 2 is 2.17 bits per heavy atom. The average molecular weight is 332 g/mol. The lowest BCUT2D eigenvalue weighted by Crippen LogP contribution is -2.39. The van der Waals surface area contributed by atoms with Gasteiger partial charge in [-0.05, 0) is 26.7 Å². The number of aryl methyl sites for hydroxylation is 2. The van der Waals surface area contributed by atoms with Gasteiger partial charge in [0.2, 0.25) is 0 Å². The summed E-state index contributed by atoms with van der Waals surface area (Å²) in [5, 5.41) is 8.15. The number of morpholine rings is 1. The Kier molecular flexibility index (Phi) is 3.99. The van der Waals surface area contributed by atoms with Gasteiger partial charge in [0.1, 0.15) is 0 Å². The van der Waals surface area contributed by atoms with E-state index in [2.05, 4.69) is 29.2 Å². The molecule has 1 aliphatic heterocycles. The van der Waals surface area contributed by atoms with Crippen molar-refractivity contribution in [1.82, 2.24) is 19.7 Å². The fraction of sp³-hybridized carbons (Fsp3) is 0.647. The molecule has 2 aromatic rings. The molecule has 1 aliphatic carbocycles. The number of aromatic nitrogens is 3. The molecule has 2 fully saturated rings. The number of rotatable bonds is 4. The molecule has 124 valence electrons. The summed E-state index contributed by atoms with van der Waals surface area (Å²) in [5.74, 6) is 0.747. The topological polar surface area (TPSA) is 43.2 Å². The van der Waals surface area contributed by atoms with Crippen LogP contribution in [-0.2, 0) is 18.3 Å². The second kappa shape index (κ2) is 6.00. The lowest BCUT2D eigenvalue weighted by Gasteiger charge is -2.35. The van der Waals surface area contributed by atoms with Crippen molar-refractivity contribution >= 4 is 11.3 Å². The van der Waals surface area contributed by atoms with Gasteiger partial charge in [0.15, 0.2) is 0 Å². The molecule has 0 N–H and O–H groups in total. The third kappa shape index (κ3) is 2.95. The first-order chi connectivity index (χ1) is 11.1. The molecule has 0 spiro atoms. The van der Waals surface area contributed by atoms with Crippen LogP contribution < -0.4 is 0 Å². The molecule has 5 nitrogen and oxygen atoms in total. The van der Waals surface area contributed by atoms with Gasteiger partial charge < -0.3 is 4.74 Å². The number of hydrogen-bond acceptors (Lipinski definition) is 5.